The first-order chi connectivity index (χ1) is 9.15. The summed E-state index contributed by atoms with van der Waals surface area (Å²) in [6.07, 6.45) is 1.73. The van der Waals surface area contributed by atoms with Crippen LogP contribution in [0.5, 0.6) is 5.75 Å². The van der Waals surface area contributed by atoms with E-state index in [1.165, 1.54) is 11.1 Å². The molecular weight excluding hydrogens is 240 g/mol. The summed E-state index contributed by atoms with van der Waals surface area (Å²) in [4.78, 5) is 11.6. The number of hydrogen-bond acceptors (Lipinski definition) is 3. The molecule has 0 aliphatic heterocycles. The van der Waals surface area contributed by atoms with Gasteiger partial charge in [0.05, 0.1) is 0 Å². The minimum atomic E-state index is -0.459. The number of rotatable bonds is 5. The number of amides is 1. The van der Waals surface area contributed by atoms with Crippen LogP contribution in [0.1, 0.15) is 37.4 Å². The molecule has 1 aliphatic rings. The van der Waals surface area contributed by atoms with Crippen LogP contribution in [-0.2, 0) is 11.2 Å². The Labute approximate surface area is 114 Å². The number of ether oxygens (including phenoxy) is 1. The molecule has 1 aromatic rings. The van der Waals surface area contributed by atoms with Crippen molar-refractivity contribution in [1.82, 2.24) is 10.6 Å². The van der Waals surface area contributed by atoms with Gasteiger partial charge in [-0.3, -0.25) is 4.79 Å². The lowest BCUT2D eigenvalue weighted by molar-refractivity contribution is -0.127. The van der Waals surface area contributed by atoms with Gasteiger partial charge in [-0.1, -0.05) is 6.07 Å². The van der Waals surface area contributed by atoms with E-state index in [4.69, 9.17) is 4.74 Å². The Morgan fingerprint density at radius 2 is 2.32 bits per heavy atom. The summed E-state index contributed by atoms with van der Waals surface area (Å²) in [5.41, 5.74) is 2.67. The lowest BCUT2D eigenvalue weighted by atomic mass is 10.1. The molecule has 1 aromatic carbocycles. The van der Waals surface area contributed by atoms with Crippen LogP contribution in [-0.4, -0.2) is 25.6 Å². The molecule has 0 fully saturated rings. The molecule has 1 amide bonds. The van der Waals surface area contributed by atoms with E-state index in [2.05, 4.69) is 22.8 Å². The molecular formula is C15H22N2O2. The first kappa shape index (κ1) is 13.9. The zero-order chi connectivity index (χ0) is 13.8. The lowest BCUT2D eigenvalue weighted by Gasteiger charge is -2.15. The Balaban J connectivity index is 2.05. The number of fused-ring (bicyclic) bond motifs is 1. The molecule has 2 unspecified atom stereocenters. The van der Waals surface area contributed by atoms with Gasteiger partial charge in [0.15, 0.2) is 6.10 Å². The van der Waals surface area contributed by atoms with E-state index in [1.807, 2.05) is 20.0 Å². The van der Waals surface area contributed by atoms with Gasteiger partial charge < -0.3 is 15.4 Å². The molecule has 2 atom stereocenters. The molecule has 0 radical (unpaired) electrons. The van der Waals surface area contributed by atoms with Gasteiger partial charge in [0.1, 0.15) is 5.75 Å². The second-order valence-corrected chi connectivity index (χ2v) is 4.90. The van der Waals surface area contributed by atoms with Crippen LogP contribution >= 0.6 is 0 Å². The van der Waals surface area contributed by atoms with E-state index in [1.54, 1.807) is 6.92 Å². The van der Waals surface area contributed by atoms with Crippen molar-refractivity contribution in [3.63, 3.8) is 0 Å². The zero-order valence-electron chi connectivity index (χ0n) is 11.8. The normalized spacial score (nSPS) is 18.8. The first-order valence-electron chi connectivity index (χ1n) is 6.90. The van der Waals surface area contributed by atoms with Gasteiger partial charge in [0.2, 0.25) is 0 Å². The smallest absolute Gasteiger partial charge is 0.260 e. The average Bonchev–Trinajstić information content (AvgIpc) is 2.81. The molecule has 0 aromatic heterocycles. The van der Waals surface area contributed by atoms with Crippen LogP contribution < -0.4 is 15.4 Å². The van der Waals surface area contributed by atoms with Gasteiger partial charge in [-0.2, -0.15) is 0 Å². The molecule has 0 saturated carbocycles. The summed E-state index contributed by atoms with van der Waals surface area (Å²) >= 11 is 0. The number of likely N-dealkylation sites (N-methyl/N-ethyl adjacent to an activating group) is 1. The van der Waals surface area contributed by atoms with Crippen LogP contribution in [0.4, 0.5) is 0 Å². The maximum absolute atomic E-state index is 11.6. The summed E-state index contributed by atoms with van der Waals surface area (Å²) in [6, 6.07) is 6.56. The van der Waals surface area contributed by atoms with Crippen LogP contribution in [0.25, 0.3) is 0 Å². The van der Waals surface area contributed by atoms with E-state index in [0.717, 1.165) is 18.6 Å². The second kappa shape index (κ2) is 6.06. The Morgan fingerprint density at radius 1 is 1.53 bits per heavy atom. The summed E-state index contributed by atoms with van der Waals surface area (Å²) in [6.45, 7) is 4.30. The van der Waals surface area contributed by atoms with Crippen molar-refractivity contribution in [3.8, 4) is 5.75 Å². The maximum Gasteiger partial charge on any atom is 0.260 e. The third kappa shape index (κ3) is 3.07. The first-order valence-corrected chi connectivity index (χ1v) is 6.90. The molecule has 0 spiro atoms. The monoisotopic (exact) mass is 262 g/mol. The van der Waals surface area contributed by atoms with Crippen molar-refractivity contribution in [3.05, 3.63) is 29.3 Å². The van der Waals surface area contributed by atoms with Crippen LogP contribution in [0.15, 0.2) is 18.2 Å². The van der Waals surface area contributed by atoms with Crippen molar-refractivity contribution in [2.45, 2.75) is 38.8 Å². The van der Waals surface area contributed by atoms with Gasteiger partial charge in [-0.15, -0.1) is 0 Å². The molecule has 1 aliphatic carbocycles. The molecule has 0 bridgehead atoms. The van der Waals surface area contributed by atoms with E-state index in [0.29, 0.717) is 12.6 Å². The number of carbonyl (C=O) groups is 1. The van der Waals surface area contributed by atoms with Gasteiger partial charge in [-0.25, -0.2) is 0 Å². The summed E-state index contributed by atoms with van der Waals surface area (Å²) in [5, 5.41) is 6.07. The third-order valence-corrected chi connectivity index (χ3v) is 3.57. The average molecular weight is 262 g/mol. The molecule has 2 N–H and O–H groups in total. The number of aryl methyl sites for hydroxylation is 1. The van der Waals surface area contributed by atoms with E-state index < -0.39 is 6.10 Å². The van der Waals surface area contributed by atoms with Crippen molar-refractivity contribution in [2.75, 3.05) is 13.6 Å². The number of nitrogens with one attached hydrogen (secondary N) is 2. The van der Waals surface area contributed by atoms with Gasteiger partial charge in [0.25, 0.3) is 5.91 Å². The number of hydrogen-bond donors (Lipinski definition) is 2. The highest BCUT2D eigenvalue weighted by atomic mass is 16.5. The van der Waals surface area contributed by atoms with Crippen molar-refractivity contribution >= 4 is 5.91 Å². The Bertz CT molecular complexity index is 459. The predicted molar refractivity (Wildman–Crippen MR) is 75.3 cm³/mol. The number of benzene rings is 1. The van der Waals surface area contributed by atoms with Crippen LogP contribution in [0.3, 0.4) is 0 Å². The molecule has 4 nitrogen and oxygen atoms in total. The fraction of sp³-hybridized carbons (Fsp3) is 0.533. The van der Waals surface area contributed by atoms with Crippen molar-refractivity contribution < 1.29 is 9.53 Å². The highest BCUT2D eigenvalue weighted by Crippen LogP contribution is 2.33. The molecule has 4 heteroatoms. The second-order valence-electron chi connectivity index (χ2n) is 4.90. The van der Waals surface area contributed by atoms with E-state index >= 15 is 0 Å². The summed E-state index contributed by atoms with van der Waals surface area (Å²) < 4.78 is 5.69. The van der Waals surface area contributed by atoms with Crippen molar-refractivity contribution in [2.24, 2.45) is 0 Å². The quantitative estimate of drug-likeness (QED) is 0.850. The van der Waals surface area contributed by atoms with Crippen LogP contribution in [0, 0.1) is 0 Å². The summed E-state index contributed by atoms with van der Waals surface area (Å²) in [7, 11) is 1.99. The van der Waals surface area contributed by atoms with Crippen molar-refractivity contribution in [1.29, 1.82) is 0 Å². The minimum Gasteiger partial charge on any atom is -0.481 e. The Morgan fingerprint density at radius 3 is 3.00 bits per heavy atom. The SMILES string of the molecule is CCNC(=O)C(C)Oc1ccc2c(c1)CCC2NC. The van der Waals surface area contributed by atoms with E-state index in [9.17, 15) is 4.79 Å². The number of carbonyl (C=O) groups excluding carboxylic acids is 1. The minimum absolute atomic E-state index is 0.0731. The third-order valence-electron chi connectivity index (χ3n) is 3.57. The molecule has 104 valence electrons. The summed E-state index contributed by atoms with van der Waals surface area (Å²) in [5.74, 6) is 0.699. The van der Waals surface area contributed by atoms with Gasteiger partial charge in [-0.05, 0) is 57.0 Å². The largest absolute Gasteiger partial charge is 0.481 e. The fourth-order valence-corrected chi connectivity index (χ4v) is 2.54. The highest BCUT2D eigenvalue weighted by molar-refractivity contribution is 5.80. The standard InChI is InChI=1S/C15H22N2O2/c1-4-17-15(18)10(2)19-12-6-7-13-11(9-12)5-8-14(13)16-3/h6-7,9-10,14,16H,4-5,8H2,1-3H3,(H,17,18). The Kier molecular flexibility index (Phi) is 4.43. The molecule has 0 heterocycles. The predicted octanol–water partition coefficient (Wildman–Crippen LogP) is 1.80. The Hall–Kier alpha value is -1.55. The highest BCUT2D eigenvalue weighted by Gasteiger charge is 2.22. The zero-order valence-corrected chi connectivity index (χ0v) is 11.8. The lowest BCUT2D eigenvalue weighted by Crippen LogP contribution is -2.36. The maximum atomic E-state index is 11.6. The molecule has 2 rings (SSSR count). The van der Waals surface area contributed by atoms with Gasteiger partial charge >= 0.3 is 0 Å². The fourth-order valence-electron chi connectivity index (χ4n) is 2.54. The topological polar surface area (TPSA) is 50.4 Å². The van der Waals surface area contributed by atoms with Gasteiger partial charge in [0, 0.05) is 12.6 Å². The van der Waals surface area contributed by atoms with Crippen LogP contribution in [0.2, 0.25) is 0 Å². The molecule has 0 saturated heterocycles. The molecule has 19 heavy (non-hydrogen) atoms. The van der Waals surface area contributed by atoms with E-state index in [-0.39, 0.29) is 5.91 Å².